The second-order valence-corrected chi connectivity index (χ2v) is 6.76. The molecule has 2 aromatic carbocycles. The lowest BCUT2D eigenvalue weighted by Gasteiger charge is -2.10. The number of amides is 1. The van der Waals surface area contributed by atoms with Gasteiger partial charge in [-0.05, 0) is 44.5 Å². The van der Waals surface area contributed by atoms with E-state index in [9.17, 15) is 9.59 Å². The van der Waals surface area contributed by atoms with Crippen LogP contribution in [0.5, 0.6) is 0 Å². The fourth-order valence-corrected chi connectivity index (χ4v) is 2.72. The van der Waals surface area contributed by atoms with Crippen molar-refractivity contribution in [3.05, 3.63) is 71.1 Å². The molecule has 150 valence electrons. The number of carbonyl (C=O) groups excluding carboxylic acids is 2. The zero-order valence-electron chi connectivity index (χ0n) is 16.6. The number of nitrogens with one attached hydrogen (secondary N) is 1. The minimum atomic E-state index is -0.679. The van der Waals surface area contributed by atoms with Gasteiger partial charge in [-0.25, -0.2) is 0 Å². The van der Waals surface area contributed by atoms with Crippen LogP contribution in [0.3, 0.4) is 0 Å². The number of hydrogen-bond donors (Lipinski definition) is 1. The summed E-state index contributed by atoms with van der Waals surface area (Å²) in [6.07, 6.45) is -0.637. The molecule has 0 aliphatic carbocycles. The van der Waals surface area contributed by atoms with Gasteiger partial charge in [0, 0.05) is 17.7 Å². The summed E-state index contributed by atoms with van der Waals surface area (Å²) < 4.78 is 10.9. The fourth-order valence-electron chi connectivity index (χ4n) is 2.72. The van der Waals surface area contributed by atoms with Gasteiger partial charge < -0.3 is 14.5 Å². The summed E-state index contributed by atoms with van der Waals surface area (Å²) in [5.74, 6) is -0.0903. The molecule has 0 saturated carbocycles. The molecule has 29 heavy (non-hydrogen) atoms. The van der Waals surface area contributed by atoms with Crippen LogP contribution in [0.1, 0.15) is 46.8 Å². The number of carbonyl (C=O) groups is 2. The first kappa shape index (κ1) is 20.3. The maximum absolute atomic E-state index is 12.2. The van der Waals surface area contributed by atoms with Gasteiger partial charge in [-0.3, -0.25) is 9.59 Å². The highest BCUT2D eigenvalue weighted by Gasteiger charge is 2.19. The van der Waals surface area contributed by atoms with Gasteiger partial charge in [0.2, 0.25) is 5.89 Å². The largest absolute Gasteiger partial charge is 0.453 e. The van der Waals surface area contributed by atoms with E-state index in [0.717, 1.165) is 16.7 Å². The standard InChI is InChI=1S/C22H23N3O4/c1-14-8-10-17(11-9-14)22-25-24-21(29-22)16(3)28-19(26)12-13-23-20(27)18-7-5-4-6-15(18)2/h4-11,16H,12-13H2,1-3H3,(H,23,27). The third-order valence-corrected chi connectivity index (χ3v) is 4.40. The summed E-state index contributed by atoms with van der Waals surface area (Å²) in [5.41, 5.74) is 3.39. The predicted molar refractivity (Wildman–Crippen MR) is 107 cm³/mol. The normalized spacial score (nSPS) is 11.7. The van der Waals surface area contributed by atoms with E-state index in [2.05, 4.69) is 15.5 Å². The van der Waals surface area contributed by atoms with E-state index < -0.39 is 12.1 Å². The number of aromatic nitrogens is 2. The number of esters is 1. The molecule has 7 nitrogen and oxygen atoms in total. The molecule has 3 aromatic rings. The predicted octanol–water partition coefficient (Wildman–Crippen LogP) is 3.78. The smallest absolute Gasteiger partial charge is 0.308 e. The van der Waals surface area contributed by atoms with Crippen LogP contribution in [0.4, 0.5) is 0 Å². The lowest BCUT2D eigenvalue weighted by atomic mass is 10.1. The van der Waals surface area contributed by atoms with Crippen LogP contribution in [0.25, 0.3) is 11.5 Å². The molecule has 0 aliphatic rings. The van der Waals surface area contributed by atoms with Crippen molar-refractivity contribution in [2.24, 2.45) is 0 Å². The van der Waals surface area contributed by atoms with Gasteiger partial charge in [0.25, 0.3) is 11.8 Å². The van der Waals surface area contributed by atoms with E-state index in [0.29, 0.717) is 11.5 Å². The summed E-state index contributed by atoms with van der Waals surface area (Å²) in [7, 11) is 0. The zero-order chi connectivity index (χ0) is 20.8. The first-order valence-corrected chi connectivity index (χ1v) is 9.38. The number of nitrogens with zero attached hydrogens (tertiary/aromatic N) is 2. The number of ether oxygens (including phenoxy) is 1. The topological polar surface area (TPSA) is 94.3 Å². The van der Waals surface area contributed by atoms with Gasteiger partial charge in [-0.2, -0.15) is 0 Å². The van der Waals surface area contributed by atoms with Gasteiger partial charge in [-0.15, -0.1) is 10.2 Å². The Morgan fingerprint density at radius 2 is 1.79 bits per heavy atom. The summed E-state index contributed by atoms with van der Waals surface area (Å²) in [5, 5.41) is 10.7. The highest BCUT2D eigenvalue weighted by Crippen LogP contribution is 2.22. The zero-order valence-corrected chi connectivity index (χ0v) is 16.6. The lowest BCUT2D eigenvalue weighted by molar-refractivity contribution is -0.149. The molecule has 1 amide bonds. The van der Waals surface area contributed by atoms with Gasteiger partial charge >= 0.3 is 5.97 Å². The van der Waals surface area contributed by atoms with Crippen molar-refractivity contribution in [1.29, 1.82) is 0 Å². The Hall–Kier alpha value is -3.48. The number of benzene rings is 2. The average molecular weight is 393 g/mol. The molecule has 1 atom stereocenters. The Bertz CT molecular complexity index is 995. The van der Waals surface area contributed by atoms with Crippen molar-refractivity contribution in [3.63, 3.8) is 0 Å². The lowest BCUT2D eigenvalue weighted by Crippen LogP contribution is -2.27. The molecule has 0 spiro atoms. The molecular weight excluding hydrogens is 370 g/mol. The first-order valence-electron chi connectivity index (χ1n) is 9.38. The average Bonchev–Trinajstić information content (AvgIpc) is 3.19. The monoisotopic (exact) mass is 393 g/mol. The van der Waals surface area contributed by atoms with Crippen LogP contribution in [-0.4, -0.2) is 28.6 Å². The molecule has 1 N–H and O–H groups in total. The molecule has 3 rings (SSSR count). The van der Waals surface area contributed by atoms with Crippen LogP contribution < -0.4 is 5.32 Å². The Labute approximate surface area is 169 Å². The Morgan fingerprint density at radius 3 is 2.52 bits per heavy atom. The highest BCUT2D eigenvalue weighted by atomic mass is 16.6. The van der Waals surface area contributed by atoms with Crippen LogP contribution in [0, 0.1) is 13.8 Å². The van der Waals surface area contributed by atoms with E-state index in [1.807, 2.05) is 50.2 Å². The number of rotatable bonds is 7. The molecule has 0 bridgehead atoms. The highest BCUT2D eigenvalue weighted by molar-refractivity contribution is 5.95. The van der Waals surface area contributed by atoms with Gasteiger partial charge in [-0.1, -0.05) is 35.9 Å². The SMILES string of the molecule is Cc1ccc(-c2nnc(C(C)OC(=O)CCNC(=O)c3ccccc3C)o2)cc1. The van der Waals surface area contributed by atoms with Crippen LogP contribution >= 0.6 is 0 Å². The van der Waals surface area contributed by atoms with E-state index in [1.165, 1.54) is 0 Å². The van der Waals surface area contributed by atoms with E-state index in [-0.39, 0.29) is 24.8 Å². The van der Waals surface area contributed by atoms with Crippen LogP contribution in [-0.2, 0) is 9.53 Å². The van der Waals surface area contributed by atoms with E-state index in [4.69, 9.17) is 9.15 Å². The van der Waals surface area contributed by atoms with E-state index in [1.54, 1.807) is 19.1 Å². The Morgan fingerprint density at radius 1 is 1.07 bits per heavy atom. The number of aryl methyl sites for hydroxylation is 2. The maximum atomic E-state index is 12.2. The molecule has 1 heterocycles. The van der Waals surface area contributed by atoms with E-state index >= 15 is 0 Å². The van der Waals surface area contributed by atoms with Crippen LogP contribution in [0.2, 0.25) is 0 Å². The summed E-state index contributed by atoms with van der Waals surface area (Å²) in [6, 6.07) is 15.0. The van der Waals surface area contributed by atoms with Gasteiger partial charge in [0.15, 0.2) is 6.10 Å². The molecule has 1 aromatic heterocycles. The van der Waals surface area contributed by atoms with Crippen molar-refractivity contribution in [2.75, 3.05) is 6.54 Å². The van der Waals surface area contributed by atoms with Gasteiger partial charge in [0.1, 0.15) is 0 Å². The number of hydrogen-bond acceptors (Lipinski definition) is 6. The van der Waals surface area contributed by atoms with Crippen LogP contribution in [0.15, 0.2) is 52.9 Å². The van der Waals surface area contributed by atoms with Crippen molar-refractivity contribution >= 4 is 11.9 Å². The van der Waals surface area contributed by atoms with Gasteiger partial charge in [0.05, 0.1) is 6.42 Å². The third kappa shape index (κ3) is 5.28. The minimum absolute atomic E-state index is 0.0426. The second-order valence-electron chi connectivity index (χ2n) is 6.76. The fraction of sp³-hybridized carbons (Fsp3) is 0.273. The Kier molecular flexibility index (Phi) is 6.39. The maximum Gasteiger partial charge on any atom is 0.308 e. The molecule has 0 radical (unpaired) electrons. The summed E-state index contributed by atoms with van der Waals surface area (Å²) in [6.45, 7) is 5.70. The molecule has 0 fully saturated rings. The molecule has 0 saturated heterocycles. The third-order valence-electron chi connectivity index (χ3n) is 4.40. The summed E-state index contributed by atoms with van der Waals surface area (Å²) >= 11 is 0. The molecule has 0 aliphatic heterocycles. The minimum Gasteiger partial charge on any atom is -0.453 e. The molecular formula is C22H23N3O4. The Balaban J connectivity index is 1.49. The van der Waals surface area contributed by atoms with Crippen molar-refractivity contribution in [2.45, 2.75) is 33.3 Å². The van der Waals surface area contributed by atoms with Crippen molar-refractivity contribution < 1.29 is 18.7 Å². The second kappa shape index (κ2) is 9.14. The molecule has 7 heteroatoms. The van der Waals surface area contributed by atoms with Crippen molar-refractivity contribution in [1.82, 2.24) is 15.5 Å². The quantitative estimate of drug-likeness (QED) is 0.614. The first-order chi connectivity index (χ1) is 13.9. The van der Waals surface area contributed by atoms with Crippen molar-refractivity contribution in [3.8, 4) is 11.5 Å². The molecule has 1 unspecified atom stereocenters. The summed E-state index contributed by atoms with van der Waals surface area (Å²) in [4.78, 5) is 24.2.